The molecule has 0 aliphatic carbocycles. The van der Waals surface area contributed by atoms with Gasteiger partial charge in [-0.05, 0) is 48.9 Å². The Morgan fingerprint density at radius 2 is 1.87 bits per heavy atom. The van der Waals surface area contributed by atoms with E-state index in [-0.39, 0.29) is 5.92 Å². The van der Waals surface area contributed by atoms with Crippen LogP contribution in [0.15, 0.2) is 23.1 Å². The Labute approximate surface area is 140 Å². The average molecular weight is 340 g/mol. The number of unbranched alkanes of at least 4 members (excludes halogenated alkanes) is 2. The van der Waals surface area contributed by atoms with Crippen molar-refractivity contribution in [2.24, 2.45) is 0 Å². The lowest BCUT2D eigenvalue weighted by atomic mass is 10.0. The van der Waals surface area contributed by atoms with Crippen LogP contribution in [0, 0.1) is 0 Å². The van der Waals surface area contributed by atoms with Crippen LogP contribution in [-0.2, 0) is 10.0 Å². The molecule has 2 rings (SSSR count). The molecule has 0 amide bonds. The van der Waals surface area contributed by atoms with Crippen molar-refractivity contribution in [1.82, 2.24) is 4.31 Å². The van der Waals surface area contributed by atoms with Gasteiger partial charge in [-0.2, -0.15) is 4.31 Å². The molecule has 1 aliphatic heterocycles. The predicted molar refractivity (Wildman–Crippen MR) is 93.5 cm³/mol. The van der Waals surface area contributed by atoms with Gasteiger partial charge in [-0.3, -0.25) is 0 Å². The number of rotatable bonds is 8. The maximum atomic E-state index is 12.7. The zero-order valence-corrected chi connectivity index (χ0v) is 15.4. The van der Waals surface area contributed by atoms with Gasteiger partial charge in [0.1, 0.15) is 5.75 Å². The van der Waals surface area contributed by atoms with Crippen LogP contribution in [0.4, 0.5) is 0 Å². The molecule has 0 radical (unpaired) electrons. The Balaban J connectivity index is 2.21. The summed E-state index contributed by atoms with van der Waals surface area (Å²) in [4.78, 5) is 0.393. The minimum absolute atomic E-state index is 0.227. The van der Waals surface area contributed by atoms with Crippen LogP contribution in [0.5, 0.6) is 5.75 Å². The van der Waals surface area contributed by atoms with Gasteiger partial charge in [0, 0.05) is 13.1 Å². The van der Waals surface area contributed by atoms with Crippen LogP contribution >= 0.6 is 0 Å². The normalized spacial score (nSPS) is 16.2. The summed E-state index contributed by atoms with van der Waals surface area (Å²) in [6, 6.07) is 5.31. The largest absolute Gasteiger partial charge is 0.493 e. The molecule has 0 bridgehead atoms. The molecule has 0 unspecified atom stereocenters. The van der Waals surface area contributed by atoms with Gasteiger partial charge in [0.2, 0.25) is 10.0 Å². The lowest BCUT2D eigenvalue weighted by molar-refractivity contribution is 0.302. The molecular formula is C18H29NO3S. The van der Waals surface area contributed by atoms with Crippen LogP contribution in [0.1, 0.15) is 64.4 Å². The Morgan fingerprint density at radius 1 is 1.17 bits per heavy atom. The summed E-state index contributed by atoms with van der Waals surface area (Å²) < 4.78 is 32.9. The Bertz CT molecular complexity index is 605. The van der Waals surface area contributed by atoms with E-state index >= 15 is 0 Å². The van der Waals surface area contributed by atoms with Gasteiger partial charge in [0.15, 0.2) is 0 Å². The number of hydrogen-bond acceptors (Lipinski definition) is 3. The summed E-state index contributed by atoms with van der Waals surface area (Å²) in [7, 11) is -3.36. The fraction of sp³-hybridized carbons (Fsp3) is 0.667. The maximum absolute atomic E-state index is 12.7. The average Bonchev–Trinajstić information content (AvgIpc) is 3.06. The summed E-state index contributed by atoms with van der Waals surface area (Å²) in [6.45, 7) is 8.26. The molecule has 1 heterocycles. The smallest absolute Gasteiger partial charge is 0.243 e. The van der Waals surface area contributed by atoms with Crippen molar-refractivity contribution < 1.29 is 13.2 Å². The fourth-order valence-electron chi connectivity index (χ4n) is 2.88. The van der Waals surface area contributed by atoms with Gasteiger partial charge in [-0.15, -0.1) is 0 Å². The highest BCUT2D eigenvalue weighted by Gasteiger charge is 2.28. The topological polar surface area (TPSA) is 46.6 Å². The Morgan fingerprint density at radius 3 is 2.48 bits per heavy atom. The first-order valence-corrected chi connectivity index (χ1v) is 10.2. The van der Waals surface area contributed by atoms with Crippen LogP contribution in [0.2, 0.25) is 0 Å². The van der Waals surface area contributed by atoms with Crippen LogP contribution in [0.25, 0.3) is 0 Å². The third-order valence-electron chi connectivity index (χ3n) is 4.31. The molecule has 5 heteroatoms. The van der Waals surface area contributed by atoms with E-state index in [4.69, 9.17) is 4.74 Å². The molecule has 0 atom stereocenters. The minimum Gasteiger partial charge on any atom is -0.493 e. The van der Waals surface area contributed by atoms with Crippen LogP contribution in [-0.4, -0.2) is 32.4 Å². The first-order valence-electron chi connectivity index (χ1n) is 8.73. The second-order valence-corrected chi connectivity index (χ2v) is 8.46. The molecule has 1 aromatic carbocycles. The molecular weight excluding hydrogens is 310 g/mol. The Hall–Kier alpha value is -1.07. The third-order valence-corrected chi connectivity index (χ3v) is 6.21. The molecule has 130 valence electrons. The quantitative estimate of drug-likeness (QED) is 0.668. The first-order chi connectivity index (χ1) is 11.0. The highest BCUT2D eigenvalue weighted by molar-refractivity contribution is 7.89. The molecule has 0 aromatic heterocycles. The zero-order chi connectivity index (χ0) is 16.9. The molecule has 0 spiro atoms. The van der Waals surface area contributed by atoms with Gasteiger partial charge in [0.05, 0.1) is 11.5 Å². The van der Waals surface area contributed by atoms with Crippen molar-refractivity contribution in [1.29, 1.82) is 0 Å². The van der Waals surface area contributed by atoms with Crippen molar-refractivity contribution in [2.75, 3.05) is 19.7 Å². The molecule has 1 aromatic rings. The first kappa shape index (κ1) is 18.3. The van der Waals surface area contributed by atoms with Gasteiger partial charge >= 0.3 is 0 Å². The molecule has 1 saturated heterocycles. The summed E-state index contributed by atoms with van der Waals surface area (Å²) in [5.41, 5.74) is 0.974. The van der Waals surface area contributed by atoms with Gasteiger partial charge in [0.25, 0.3) is 0 Å². The van der Waals surface area contributed by atoms with E-state index in [0.29, 0.717) is 24.6 Å². The van der Waals surface area contributed by atoms with E-state index in [9.17, 15) is 8.42 Å². The molecule has 1 aliphatic rings. The summed E-state index contributed by atoms with van der Waals surface area (Å²) in [6.07, 6.45) is 5.25. The monoisotopic (exact) mass is 339 g/mol. The van der Waals surface area contributed by atoms with E-state index in [2.05, 4.69) is 20.8 Å². The highest BCUT2D eigenvalue weighted by atomic mass is 32.2. The number of benzene rings is 1. The van der Waals surface area contributed by atoms with E-state index in [1.165, 1.54) is 0 Å². The summed E-state index contributed by atoms with van der Waals surface area (Å²) >= 11 is 0. The van der Waals surface area contributed by atoms with E-state index < -0.39 is 10.0 Å². The lowest BCUT2D eigenvalue weighted by Gasteiger charge is -2.19. The van der Waals surface area contributed by atoms with Crippen LogP contribution < -0.4 is 4.74 Å². The van der Waals surface area contributed by atoms with Gasteiger partial charge in [-0.1, -0.05) is 33.6 Å². The van der Waals surface area contributed by atoms with Crippen molar-refractivity contribution in [3.8, 4) is 5.75 Å². The second kappa shape index (κ2) is 8.15. The van der Waals surface area contributed by atoms with Crippen molar-refractivity contribution in [2.45, 2.75) is 63.7 Å². The maximum Gasteiger partial charge on any atom is 0.243 e. The predicted octanol–water partition coefficient (Wildman–Crippen LogP) is 4.16. The molecule has 0 saturated carbocycles. The molecule has 4 nitrogen and oxygen atoms in total. The standard InChI is InChI=1S/C18H29NO3S/c1-4-5-8-13-22-18-10-9-16(14-17(18)15(2)3)23(20,21)19-11-6-7-12-19/h9-10,14-15H,4-8,11-13H2,1-3H3. The van der Waals surface area contributed by atoms with E-state index in [0.717, 1.165) is 43.4 Å². The zero-order valence-electron chi connectivity index (χ0n) is 14.5. The van der Waals surface area contributed by atoms with Crippen molar-refractivity contribution in [3.05, 3.63) is 23.8 Å². The van der Waals surface area contributed by atoms with Crippen molar-refractivity contribution in [3.63, 3.8) is 0 Å². The van der Waals surface area contributed by atoms with Gasteiger partial charge < -0.3 is 4.74 Å². The number of ether oxygens (including phenoxy) is 1. The molecule has 23 heavy (non-hydrogen) atoms. The lowest BCUT2D eigenvalue weighted by Crippen LogP contribution is -2.28. The Kier molecular flexibility index (Phi) is 6.48. The molecule has 0 N–H and O–H groups in total. The van der Waals surface area contributed by atoms with E-state index in [1.807, 2.05) is 6.07 Å². The molecule has 1 fully saturated rings. The summed E-state index contributed by atoms with van der Waals surface area (Å²) in [5.74, 6) is 1.04. The number of hydrogen-bond donors (Lipinski definition) is 0. The SMILES string of the molecule is CCCCCOc1ccc(S(=O)(=O)N2CCCC2)cc1C(C)C. The summed E-state index contributed by atoms with van der Waals surface area (Å²) in [5, 5.41) is 0. The fourth-order valence-corrected chi connectivity index (χ4v) is 4.43. The third kappa shape index (κ3) is 4.48. The van der Waals surface area contributed by atoms with Crippen molar-refractivity contribution >= 4 is 10.0 Å². The second-order valence-electron chi connectivity index (χ2n) is 6.52. The van der Waals surface area contributed by atoms with E-state index in [1.54, 1.807) is 16.4 Å². The minimum atomic E-state index is -3.36. The van der Waals surface area contributed by atoms with Crippen LogP contribution in [0.3, 0.4) is 0 Å². The number of nitrogens with zero attached hydrogens (tertiary/aromatic N) is 1. The number of sulfonamides is 1. The van der Waals surface area contributed by atoms with Gasteiger partial charge in [-0.25, -0.2) is 8.42 Å². The highest BCUT2D eigenvalue weighted by Crippen LogP contribution is 2.31.